The summed E-state index contributed by atoms with van der Waals surface area (Å²) in [6.07, 6.45) is 1.01. The maximum absolute atomic E-state index is 11.9. The van der Waals surface area contributed by atoms with Gasteiger partial charge in [-0.2, -0.15) is 0 Å². The number of para-hydroxylation sites is 1. The van der Waals surface area contributed by atoms with Gasteiger partial charge in [-0.05, 0) is 25.1 Å². The molecule has 0 aromatic heterocycles. The molecular formula is C11H12N2O. The Morgan fingerprint density at radius 2 is 2.21 bits per heavy atom. The Hall–Kier alpha value is -1.35. The van der Waals surface area contributed by atoms with E-state index in [0.717, 1.165) is 30.8 Å². The Bertz CT molecular complexity index is 389. The van der Waals surface area contributed by atoms with Crippen LogP contribution in [0.1, 0.15) is 16.8 Å². The first-order valence-corrected chi connectivity index (χ1v) is 5.01. The Morgan fingerprint density at radius 3 is 3.14 bits per heavy atom. The second-order valence-corrected chi connectivity index (χ2v) is 3.79. The van der Waals surface area contributed by atoms with Crippen LogP contribution in [-0.4, -0.2) is 25.0 Å². The number of ketones is 1. The number of carbonyl (C=O) groups excluding carboxylic acids is 1. The fourth-order valence-electron chi connectivity index (χ4n) is 2.30. The Morgan fingerprint density at radius 1 is 1.36 bits per heavy atom. The van der Waals surface area contributed by atoms with Crippen molar-refractivity contribution in [3.8, 4) is 0 Å². The SMILES string of the molecule is O=C1c2ccccc2N2CCCNC12. The van der Waals surface area contributed by atoms with Crippen LogP contribution in [0.5, 0.6) is 0 Å². The summed E-state index contributed by atoms with van der Waals surface area (Å²) < 4.78 is 0. The third-order valence-corrected chi connectivity index (χ3v) is 2.95. The van der Waals surface area contributed by atoms with E-state index in [9.17, 15) is 4.79 Å². The number of hydrogen-bond donors (Lipinski definition) is 1. The van der Waals surface area contributed by atoms with Crippen molar-refractivity contribution in [1.29, 1.82) is 0 Å². The minimum atomic E-state index is -0.0962. The number of benzene rings is 1. The first-order chi connectivity index (χ1) is 6.88. The van der Waals surface area contributed by atoms with Gasteiger partial charge in [0.15, 0.2) is 0 Å². The highest BCUT2D eigenvalue weighted by atomic mass is 16.1. The quantitative estimate of drug-likeness (QED) is 0.659. The molecule has 1 N–H and O–H groups in total. The highest BCUT2D eigenvalue weighted by molar-refractivity contribution is 6.10. The second-order valence-electron chi connectivity index (χ2n) is 3.79. The molecule has 72 valence electrons. The maximum atomic E-state index is 11.9. The molecule has 1 unspecified atom stereocenters. The molecule has 1 aromatic rings. The van der Waals surface area contributed by atoms with Gasteiger partial charge in [-0.15, -0.1) is 0 Å². The van der Waals surface area contributed by atoms with Crippen LogP contribution in [-0.2, 0) is 0 Å². The number of fused-ring (bicyclic) bond motifs is 3. The van der Waals surface area contributed by atoms with Crippen LogP contribution in [0.4, 0.5) is 5.69 Å². The smallest absolute Gasteiger partial charge is 0.202 e. The average molecular weight is 188 g/mol. The molecule has 0 bridgehead atoms. The summed E-state index contributed by atoms with van der Waals surface area (Å²) in [6, 6.07) is 7.86. The molecule has 3 heteroatoms. The van der Waals surface area contributed by atoms with Crippen molar-refractivity contribution in [3.63, 3.8) is 0 Å². The van der Waals surface area contributed by atoms with Crippen LogP contribution in [0.15, 0.2) is 24.3 Å². The predicted octanol–water partition coefficient (Wildman–Crippen LogP) is 1.01. The number of carbonyl (C=O) groups is 1. The summed E-state index contributed by atoms with van der Waals surface area (Å²) in [6.45, 7) is 1.93. The van der Waals surface area contributed by atoms with E-state index >= 15 is 0 Å². The molecule has 3 nitrogen and oxygen atoms in total. The fraction of sp³-hybridized carbons (Fsp3) is 0.364. The second kappa shape index (κ2) is 2.82. The fourth-order valence-corrected chi connectivity index (χ4v) is 2.30. The number of nitrogens with zero attached hydrogens (tertiary/aromatic N) is 1. The number of Topliss-reactive ketones (excluding diaryl/α,β-unsaturated/α-hetero) is 1. The number of rotatable bonds is 0. The number of nitrogens with one attached hydrogen (secondary N) is 1. The zero-order valence-electron chi connectivity index (χ0n) is 7.86. The minimum Gasteiger partial charge on any atom is -0.349 e. The van der Waals surface area contributed by atoms with Crippen molar-refractivity contribution in [2.75, 3.05) is 18.0 Å². The van der Waals surface area contributed by atoms with Crippen LogP contribution >= 0.6 is 0 Å². The number of anilines is 1. The van der Waals surface area contributed by atoms with Gasteiger partial charge in [-0.3, -0.25) is 10.1 Å². The molecule has 0 spiro atoms. The van der Waals surface area contributed by atoms with Crippen LogP contribution in [0, 0.1) is 0 Å². The highest BCUT2D eigenvalue weighted by Crippen LogP contribution is 2.31. The summed E-state index contributed by atoms with van der Waals surface area (Å²) >= 11 is 0. The molecule has 0 amide bonds. The summed E-state index contributed by atoms with van der Waals surface area (Å²) in [5.41, 5.74) is 1.96. The van der Waals surface area contributed by atoms with Crippen molar-refractivity contribution in [1.82, 2.24) is 5.32 Å². The molecule has 1 saturated heterocycles. The van der Waals surface area contributed by atoms with E-state index in [1.807, 2.05) is 24.3 Å². The van der Waals surface area contributed by atoms with Crippen molar-refractivity contribution < 1.29 is 4.79 Å². The Kier molecular flexibility index (Phi) is 1.61. The van der Waals surface area contributed by atoms with Crippen molar-refractivity contribution in [3.05, 3.63) is 29.8 Å². The third-order valence-electron chi connectivity index (χ3n) is 2.95. The maximum Gasteiger partial charge on any atom is 0.202 e. The van der Waals surface area contributed by atoms with Gasteiger partial charge in [0.25, 0.3) is 0 Å². The standard InChI is InChI=1S/C11H12N2O/c14-10-8-4-1-2-5-9(8)13-7-3-6-12-11(10)13/h1-2,4-5,11-12H,3,6-7H2. The Balaban J connectivity index is 2.11. The van der Waals surface area contributed by atoms with Crippen LogP contribution < -0.4 is 10.2 Å². The van der Waals surface area contributed by atoms with E-state index in [0.29, 0.717) is 0 Å². The van der Waals surface area contributed by atoms with E-state index in [1.54, 1.807) is 0 Å². The molecule has 1 aromatic carbocycles. The first kappa shape index (κ1) is 8.00. The topological polar surface area (TPSA) is 32.3 Å². The van der Waals surface area contributed by atoms with E-state index in [4.69, 9.17) is 0 Å². The van der Waals surface area contributed by atoms with Gasteiger partial charge < -0.3 is 4.90 Å². The lowest BCUT2D eigenvalue weighted by molar-refractivity contribution is 0.0949. The van der Waals surface area contributed by atoms with Gasteiger partial charge in [0.05, 0.1) is 0 Å². The molecule has 0 saturated carbocycles. The van der Waals surface area contributed by atoms with Crippen LogP contribution in [0.2, 0.25) is 0 Å². The van der Waals surface area contributed by atoms with Crippen molar-refractivity contribution >= 4 is 11.5 Å². The first-order valence-electron chi connectivity index (χ1n) is 5.01. The van der Waals surface area contributed by atoms with Crippen LogP contribution in [0.3, 0.4) is 0 Å². The summed E-state index contributed by atoms with van der Waals surface area (Å²) in [5, 5.41) is 3.25. The monoisotopic (exact) mass is 188 g/mol. The minimum absolute atomic E-state index is 0.0962. The van der Waals surface area contributed by atoms with Crippen molar-refractivity contribution in [2.24, 2.45) is 0 Å². The van der Waals surface area contributed by atoms with Gasteiger partial charge in [-0.1, -0.05) is 12.1 Å². The zero-order valence-corrected chi connectivity index (χ0v) is 7.86. The molecule has 1 atom stereocenters. The van der Waals surface area contributed by atoms with E-state index < -0.39 is 0 Å². The lowest BCUT2D eigenvalue weighted by atomic mass is 10.1. The van der Waals surface area contributed by atoms with E-state index in [-0.39, 0.29) is 11.9 Å². The molecule has 2 aliphatic heterocycles. The molecule has 3 rings (SSSR count). The molecule has 2 heterocycles. The van der Waals surface area contributed by atoms with Crippen LogP contribution in [0.25, 0.3) is 0 Å². The van der Waals surface area contributed by atoms with Gasteiger partial charge in [0.2, 0.25) is 5.78 Å². The lowest BCUT2D eigenvalue weighted by Gasteiger charge is -2.31. The van der Waals surface area contributed by atoms with Gasteiger partial charge in [0, 0.05) is 17.8 Å². The van der Waals surface area contributed by atoms with Gasteiger partial charge >= 0.3 is 0 Å². The molecule has 2 aliphatic rings. The molecule has 0 radical (unpaired) electrons. The van der Waals surface area contributed by atoms with Gasteiger partial charge in [0.1, 0.15) is 6.17 Å². The predicted molar refractivity (Wildman–Crippen MR) is 54.5 cm³/mol. The third kappa shape index (κ3) is 0.930. The van der Waals surface area contributed by atoms with Crippen molar-refractivity contribution in [2.45, 2.75) is 12.6 Å². The lowest BCUT2D eigenvalue weighted by Crippen LogP contribution is -2.52. The Labute approximate surface area is 82.7 Å². The molecule has 0 aliphatic carbocycles. The summed E-state index contributed by atoms with van der Waals surface area (Å²) in [4.78, 5) is 14.1. The largest absolute Gasteiger partial charge is 0.349 e. The highest BCUT2D eigenvalue weighted by Gasteiger charge is 2.37. The van der Waals surface area contributed by atoms with Gasteiger partial charge in [-0.25, -0.2) is 0 Å². The van der Waals surface area contributed by atoms with E-state index in [1.165, 1.54) is 0 Å². The normalized spacial score (nSPS) is 24.7. The summed E-state index contributed by atoms with van der Waals surface area (Å²) in [7, 11) is 0. The summed E-state index contributed by atoms with van der Waals surface area (Å²) in [5.74, 6) is 0.223. The zero-order chi connectivity index (χ0) is 9.54. The number of hydrogen-bond acceptors (Lipinski definition) is 3. The molecule has 14 heavy (non-hydrogen) atoms. The van der Waals surface area contributed by atoms with E-state index in [2.05, 4.69) is 10.2 Å². The average Bonchev–Trinajstić information content (AvgIpc) is 2.55. The molecule has 1 fully saturated rings. The molecular weight excluding hydrogens is 176 g/mol.